The number of sulfonamides is 1. The molecule has 0 aromatic heterocycles. The molecule has 31 heavy (non-hydrogen) atoms. The standard InChI is InChI=1S/C25H43NO4S/c1-5-17-21-14-16(27)8-11-25(21,4)20-9-12-24(3)18(15(2)10-13-31(26,29)30)6-7-19(24)22(20)23(17)28/h10,13,15-23,27-28H,5-9,11-12,14H2,1-4H3,(H2,26,29,30)/b13-10+/t15-,16-,17-,18-,19+,20+,21+,22+,23-,24-,25-/m1/s1. The normalized spacial score (nSPS) is 51.2. The maximum atomic E-state index is 11.7. The Morgan fingerprint density at radius 1 is 1.03 bits per heavy atom. The number of aliphatic hydroxyl groups excluding tert-OH is 2. The number of rotatable bonds is 4. The van der Waals surface area contributed by atoms with Crippen LogP contribution >= 0.6 is 0 Å². The molecule has 4 N–H and O–H groups in total. The van der Waals surface area contributed by atoms with Crippen LogP contribution in [0.4, 0.5) is 0 Å². The van der Waals surface area contributed by atoms with Gasteiger partial charge >= 0.3 is 0 Å². The lowest BCUT2D eigenvalue weighted by Crippen LogP contribution is -2.62. The van der Waals surface area contributed by atoms with Gasteiger partial charge in [0.15, 0.2) is 0 Å². The molecule has 0 bridgehead atoms. The highest BCUT2D eigenvalue weighted by molar-refractivity contribution is 7.92. The zero-order chi connectivity index (χ0) is 22.8. The van der Waals surface area contributed by atoms with Crippen molar-refractivity contribution in [1.82, 2.24) is 0 Å². The highest BCUT2D eigenvalue weighted by Gasteiger charge is 2.64. The van der Waals surface area contributed by atoms with E-state index in [1.807, 2.05) is 0 Å². The first-order valence-corrected chi connectivity index (χ1v) is 14.1. The molecular weight excluding hydrogens is 410 g/mol. The van der Waals surface area contributed by atoms with Crippen LogP contribution in [-0.4, -0.2) is 30.8 Å². The van der Waals surface area contributed by atoms with Gasteiger partial charge in [-0.3, -0.25) is 0 Å². The molecule has 11 atom stereocenters. The van der Waals surface area contributed by atoms with Gasteiger partial charge in [-0.25, -0.2) is 13.6 Å². The van der Waals surface area contributed by atoms with E-state index >= 15 is 0 Å². The van der Waals surface area contributed by atoms with Gasteiger partial charge in [-0.2, -0.15) is 0 Å². The third-order valence-electron chi connectivity index (χ3n) is 10.7. The van der Waals surface area contributed by atoms with E-state index in [4.69, 9.17) is 5.14 Å². The zero-order valence-corrected chi connectivity index (χ0v) is 20.5. The number of hydrogen-bond acceptors (Lipinski definition) is 4. The monoisotopic (exact) mass is 453 g/mol. The van der Waals surface area contributed by atoms with Crippen molar-refractivity contribution in [2.45, 2.75) is 91.3 Å². The number of primary sulfonamides is 1. The molecular formula is C25H43NO4S. The highest BCUT2D eigenvalue weighted by atomic mass is 32.2. The molecule has 0 unspecified atom stereocenters. The Kier molecular flexibility index (Phi) is 6.20. The van der Waals surface area contributed by atoms with Gasteiger partial charge in [0.25, 0.3) is 0 Å². The van der Waals surface area contributed by atoms with Gasteiger partial charge in [0.1, 0.15) is 0 Å². The second-order valence-electron chi connectivity index (χ2n) is 11.9. The number of hydrogen-bond donors (Lipinski definition) is 3. The summed E-state index contributed by atoms with van der Waals surface area (Å²) in [6.07, 6.45) is 9.53. The molecule has 0 aromatic carbocycles. The largest absolute Gasteiger partial charge is 0.393 e. The van der Waals surface area contributed by atoms with E-state index in [0.717, 1.165) is 51.4 Å². The molecule has 0 radical (unpaired) electrons. The van der Waals surface area contributed by atoms with Crippen molar-refractivity contribution < 1.29 is 18.6 Å². The molecule has 0 aromatic rings. The van der Waals surface area contributed by atoms with Crippen LogP contribution in [0.2, 0.25) is 0 Å². The second-order valence-corrected chi connectivity index (χ2v) is 13.3. The van der Waals surface area contributed by atoms with E-state index in [9.17, 15) is 18.6 Å². The van der Waals surface area contributed by atoms with Crippen molar-refractivity contribution in [2.24, 2.45) is 57.4 Å². The fourth-order valence-corrected chi connectivity index (χ4v) is 9.70. The molecule has 0 heterocycles. The van der Waals surface area contributed by atoms with Gasteiger partial charge < -0.3 is 10.2 Å². The first-order chi connectivity index (χ1) is 14.4. The molecule has 178 valence electrons. The van der Waals surface area contributed by atoms with Crippen LogP contribution in [0.5, 0.6) is 0 Å². The molecule has 0 saturated heterocycles. The summed E-state index contributed by atoms with van der Waals surface area (Å²) < 4.78 is 22.9. The molecule has 0 amide bonds. The lowest BCUT2D eigenvalue weighted by Gasteiger charge is -2.64. The van der Waals surface area contributed by atoms with Gasteiger partial charge in [-0.1, -0.05) is 40.2 Å². The molecule has 0 aliphatic heterocycles. The average Bonchev–Trinajstić information content (AvgIpc) is 3.04. The Bertz CT molecular complexity index is 812. The fraction of sp³-hybridized carbons (Fsp3) is 0.920. The van der Waals surface area contributed by atoms with E-state index in [1.165, 1.54) is 5.41 Å². The van der Waals surface area contributed by atoms with E-state index < -0.39 is 10.0 Å². The van der Waals surface area contributed by atoms with Crippen LogP contribution in [0.1, 0.15) is 79.1 Å². The zero-order valence-electron chi connectivity index (χ0n) is 19.7. The average molecular weight is 454 g/mol. The number of fused-ring (bicyclic) bond motifs is 5. The number of allylic oxidation sites excluding steroid dienone is 1. The van der Waals surface area contributed by atoms with E-state index in [-0.39, 0.29) is 34.9 Å². The van der Waals surface area contributed by atoms with Crippen molar-refractivity contribution in [1.29, 1.82) is 0 Å². The minimum atomic E-state index is -3.60. The van der Waals surface area contributed by atoms with Crippen molar-refractivity contribution in [3.8, 4) is 0 Å². The van der Waals surface area contributed by atoms with Crippen LogP contribution in [0, 0.1) is 52.3 Å². The molecule has 6 heteroatoms. The SMILES string of the molecule is CC[C@H]1[C@@H](O)[C@@H]2[C@H](CC[C@]3(C)[C@@H]([C@H](C)/C=C/S(N)(=O)=O)CC[C@@H]23)[C@@]2(C)CC[C@@H](O)C[C@@H]12. The predicted octanol–water partition coefficient (Wildman–Crippen LogP) is 4.05. The van der Waals surface area contributed by atoms with Gasteiger partial charge in [-0.15, -0.1) is 0 Å². The van der Waals surface area contributed by atoms with Crippen molar-refractivity contribution in [3.05, 3.63) is 11.5 Å². The third-order valence-corrected chi connectivity index (χ3v) is 11.2. The second kappa shape index (κ2) is 8.11. The van der Waals surface area contributed by atoms with Crippen molar-refractivity contribution in [2.75, 3.05) is 0 Å². The van der Waals surface area contributed by atoms with E-state index in [2.05, 4.69) is 27.7 Å². The maximum Gasteiger partial charge on any atom is 0.230 e. The minimum Gasteiger partial charge on any atom is -0.393 e. The molecule has 4 saturated carbocycles. The quantitative estimate of drug-likeness (QED) is 0.598. The Hall–Kier alpha value is -0.430. The Balaban J connectivity index is 1.64. The van der Waals surface area contributed by atoms with E-state index in [0.29, 0.717) is 29.6 Å². The minimum absolute atomic E-state index is 0.125. The lowest BCUT2D eigenvalue weighted by molar-refractivity contribution is -0.202. The number of aliphatic hydroxyl groups is 2. The van der Waals surface area contributed by atoms with Crippen molar-refractivity contribution >= 4 is 10.0 Å². The topological polar surface area (TPSA) is 101 Å². The Morgan fingerprint density at radius 2 is 1.68 bits per heavy atom. The third kappa shape index (κ3) is 3.83. The molecule has 5 nitrogen and oxygen atoms in total. The van der Waals surface area contributed by atoms with Gasteiger partial charge in [-0.05, 0) is 97.2 Å². The Labute approximate surface area is 188 Å². The Morgan fingerprint density at radius 3 is 2.32 bits per heavy atom. The van der Waals surface area contributed by atoms with Gasteiger partial charge in [0.05, 0.1) is 12.2 Å². The van der Waals surface area contributed by atoms with Crippen LogP contribution in [0.15, 0.2) is 11.5 Å². The summed E-state index contributed by atoms with van der Waals surface area (Å²) in [4.78, 5) is 0. The molecule has 4 aliphatic rings. The van der Waals surface area contributed by atoms with Crippen LogP contribution < -0.4 is 5.14 Å². The summed E-state index contributed by atoms with van der Waals surface area (Å²) in [7, 11) is -3.60. The van der Waals surface area contributed by atoms with Gasteiger partial charge in [0, 0.05) is 5.41 Å². The lowest BCUT2D eigenvalue weighted by atomic mass is 9.41. The summed E-state index contributed by atoms with van der Waals surface area (Å²) in [5, 5.41) is 28.5. The molecule has 4 fully saturated rings. The van der Waals surface area contributed by atoms with Gasteiger partial charge in [0.2, 0.25) is 10.0 Å². The van der Waals surface area contributed by atoms with E-state index in [1.54, 1.807) is 6.08 Å². The molecule has 4 rings (SSSR count). The fourth-order valence-electron chi connectivity index (χ4n) is 9.23. The smallest absolute Gasteiger partial charge is 0.230 e. The van der Waals surface area contributed by atoms with Crippen LogP contribution in [0.3, 0.4) is 0 Å². The van der Waals surface area contributed by atoms with Crippen molar-refractivity contribution in [3.63, 3.8) is 0 Å². The predicted molar refractivity (Wildman–Crippen MR) is 123 cm³/mol. The molecule has 4 aliphatic carbocycles. The summed E-state index contributed by atoms with van der Waals surface area (Å²) in [6, 6.07) is 0. The summed E-state index contributed by atoms with van der Waals surface area (Å²) >= 11 is 0. The van der Waals surface area contributed by atoms with Crippen LogP contribution in [0.25, 0.3) is 0 Å². The summed E-state index contributed by atoms with van der Waals surface area (Å²) in [6.45, 7) is 9.19. The highest BCUT2D eigenvalue weighted by Crippen LogP contribution is 2.69. The summed E-state index contributed by atoms with van der Waals surface area (Å²) in [5.74, 6) is 2.57. The first-order valence-electron chi connectivity index (χ1n) is 12.5. The first kappa shape index (κ1) is 23.7. The molecule has 0 spiro atoms. The number of nitrogens with two attached hydrogens (primary N) is 1. The summed E-state index contributed by atoms with van der Waals surface area (Å²) in [5.41, 5.74) is 0.336. The maximum absolute atomic E-state index is 11.7. The van der Waals surface area contributed by atoms with Crippen LogP contribution in [-0.2, 0) is 10.0 Å².